The van der Waals surface area contributed by atoms with Gasteiger partial charge in [-0.3, -0.25) is 0 Å². The number of ether oxygens (including phenoxy) is 1. The maximum Gasteiger partial charge on any atom is 0.410 e. The first-order valence-corrected chi connectivity index (χ1v) is 6.83. The van der Waals surface area contributed by atoms with Crippen molar-refractivity contribution in [3.63, 3.8) is 0 Å². The number of halogens is 1. The zero-order valence-electron chi connectivity index (χ0n) is 10.6. The molecule has 1 aliphatic rings. The summed E-state index contributed by atoms with van der Waals surface area (Å²) >= 11 is 3.61. The van der Waals surface area contributed by atoms with Crippen molar-refractivity contribution in [1.29, 1.82) is 0 Å². The molecule has 0 spiro atoms. The zero-order chi connectivity index (χ0) is 12.3. The summed E-state index contributed by atoms with van der Waals surface area (Å²) in [6.45, 7) is 9.51. The van der Waals surface area contributed by atoms with E-state index in [9.17, 15) is 4.79 Å². The molecule has 0 unspecified atom stereocenters. The largest absolute Gasteiger partial charge is 0.444 e. The average Bonchev–Trinajstić information content (AvgIpc) is 2.15. The highest BCUT2D eigenvalue weighted by Gasteiger charge is 2.28. The quantitative estimate of drug-likeness (QED) is 0.693. The Kier molecular flexibility index (Phi) is 4.65. The fraction of sp³-hybridized carbons (Fsp3) is 0.917. The topological polar surface area (TPSA) is 29.5 Å². The van der Waals surface area contributed by atoms with E-state index in [1.807, 2.05) is 25.7 Å². The van der Waals surface area contributed by atoms with Crippen molar-refractivity contribution in [3.05, 3.63) is 0 Å². The van der Waals surface area contributed by atoms with E-state index in [-0.39, 0.29) is 6.09 Å². The lowest BCUT2D eigenvalue weighted by Gasteiger charge is -2.34. The van der Waals surface area contributed by atoms with Gasteiger partial charge in [-0.05, 0) is 39.5 Å². The van der Waals surface area contributed by atoms with Gasteiger partial charge in [-0.2, -0.15) is 0 Å². The molecule has 0 bridgehead atoms. The minimum atomic E-state index is -0.392. The van der Waals surface area contributed by atoms with Gasteiger partial charge in [0.1, 0.15) is 5.60 Å². The van der Waals surface area contributed by atoms with E-state index < -0.39 is 5.60 Å². The molecule has 0 saturated carbocycles. The molecule has 1 heterocycles. The second-order valence-corrected chi connectivity index (χ2v) is 6.93. The average molecular weight is 292 g/mol. The number of hydrogen-bond acceptors (Lipinski definition) is 2. The lowest BCUT2D eigenvalue weighted by atomic mass is 9.94. The molecule has 94 valence electrons. The summed E-state index contributed by atoms with van der Waals surface area (Å²) in [5.41, 5.74) is -0.392. The number of piperidine rings is 1. The molecule has 1 amide bonds. The van der Waals surface area contributed by atoms with Crippen LogP contribution in [-0.2, 0) is 4.74 Å². The van der Waals surface area contributed by atoms with Gasteiger partial charge >= 0.3 is 6.09 Å². The number of rotatable bonds is 1. The first-order valence-electron chi connectivity index (χ1n) is 5.91. The van der Waals surface area contributed by atoms with Gasteiger partial charge in [0.05, 0.1) is 0 Å². The third kappa shape index (κ3) is 4.32. The molecule has 1 atom stereocenters. The van der Waals surface area contributed by atoms with Crippen LogP contribution in [0.3, 0.4) is 0 Å². The molecule has 1 aliphatic heterocycles. The standard InChI is InChI=1S/C12H22BrNO2/c1-9(13)10-5-7-14(8-6-10)11(15)16-12(2,3)4/h9-10H,5-8H2,1-4H3/t9-/m1/s1. The number of carbonyl (C=O) groups is 1. The van der Waals surface area contributed by atoms with Gasteiger partial charge in [-0.1, -0.05) is 22.9 Å². The lowest BCUT2D eigenvalue weighted by molar-refractivity contribution is 0.0185. The van der Waals surface area contributed by atoms with Crippen LogP contribution in [0.25, 0.3) is 0 Å². The Morgan fingerprint density at radius 2 is 1.88 bits per heavy atom. The second kappa shape index (κ2) is 5.39. The van der Waals surface area contributed by atoms with Crippen molar-refractivity contribution < 1.29 is 9.53 Å². The molecule has 0 aliphatic carbocycles. The summed E-state index contributed by atoms with van der Waals surface area (Å²) in [7, 11) is 0. The minimum absolute atomic E-state index is 0.173. The van der Waals surface area contributed by atoms with E-state index in [0.29, 0.717) is 10.7 Å². The fourth-order valence-electron chi connectivity index (χ4n) is 1.87. The minimum Gasteiger partial charge on any atom is -0.444 e. The first-order chi connectivity index (χ1) is 7.29. The van der Waals surface area contributed by atoms with Crippen LogP contribution in [0.1, 0.15) is 40.5 Å². The van der Waals surface area contributed by atoms with E-state index in [0.717, 1.165) is 25.9 Å². The number of amides is 1. The Morgan fingerprint density at radius 3 is 2.25 bits per heavy atom. The highest BCUT2D eigenvalue weighted by Crippen LogP contribution is 2.25. The van der Waals surface area contributed by atoms with Gasteiger partial charge in [-0.15, -0.1) is 0 Å². The monoisotopic (exact) mass is 291 g/mol. The molecule has 0 aromatic rings. The Labute approximate surface area is 107 Å². The van der Waals surface area contributed by atoms with Crippen molar-refractivity contribution in [2.75, 3.05) is 13.1 Å². The fourth-order valence-corrected chi connectivity index (χ4v) is 2.40. The van der Waals surface area contributed by atoms with Crippen LogP contribution in [0.2, 0.25) is 0 Å². The van der Waals surface area contributed by atoms with Gasteiger partial charge in [0, 0.05) is 17.9 Å². The summed E-state index contributed by atoms with van der Waals surface area (Å²) in [6.07, 6.45) is 1.95. The van der Waals surface area contributed by atoms with Crippen molar-refractivity contribution in [1.82, 2.24) is 4.90 Å². The molecule has 1 rings (SSSR count). The summed E-state index contributed by atoms with van der Waals surface area (Å²) in [5, 5.41) is 0. The summed E-state index contributed by atoms with van der Waals surface area (Å²) < 4.78 is 5.35. The number of nitrogens with zero attached hydrogens (tertiary/aromatic N) is 1. The predicted molar refractivity (Wildman–Crippen MR) is 68.9 cm³/mol. The second-order valence-electron chi connectivity index (χ2n) is 5.48. The third-order valence-corrected chi connectivity index (χ3v) is 3.59. The van der Waals surface area contributed by atoms with E-state index >= 15 is 0 Å². The van der Waals surface area contributed by atoms with Crippen LogP contribution in [0, 0.1) is 5.92 Å². The summed E-state index contributed by atoms with van der Waals surface area (Å²) in [5.74, 6) is 0.679. The Morgan fingerprint density at radius 1 is 1.38 bits per heavy atom. The van der Waals surface area contributed by atoms with E-state index in [1.54, 1.807) is 0 Å². The van der Waals surface area contributed by atoms with Crippen molar-refractivity contribution >= 4 is 22.0 Å². The number of likely N-dealkylation sites (tertiary alicyclic amines) is 1. The van der Waals surface area contributed by atoms with Crippen molar-refractivity contribution in [3.8, 4) is 0 Å². The number of hydrogen-bond donors (Lipinski definition) is 0. The maximum absolute atomic E-state index is 11.8. The molecule has 1 saturated heterocycles. The zero-order valence-corrected chi connectivity index (χ0v) is 12.2. The molecule has 16 heavy (non-hydrogen) atoms. The highest BCUT2D eigenvalue weighted by molar-refractivity contribution is 9.09. The molecule has 1 fully saturated rings. The van der Waals surface area contributed by atoms with Crippen molar-refractivity contribution in [2.24, 2.45) is 5.92 Å². The Balaban J connectivity index is 2.39. The van der Waals surface area contributed by atoms with Gasteiger partial charge in [-0.25, -0.2) is 4.79 Å². The SMILES string of the molecule is C[C@@H](Br)C1CCN(C(=O)OC(C)(C)C)CC1. The van der Waals surface area contributed by atoms with Crippen LogP contribution in [0.4, 0.5) is 4.79 Å². The van der Waals surface area contributed by atoms with Crippen molar-refractivity contribution in [2.45, 2.75) is 51.0 Å². The smallest absolute Gasteiger partial charge is 0.410 e. The predicted octanol–water partition coefficient (Wildman–Crippen LogP) is 3.42. The molecule has 4 heteroatoms. The molecule has 0 aromatic heterocycles. The third-order valence-electron chi connectivity index (χ3n) is 2.84. The van der Waals surface area contributed by atoms with Gasteiger partial charge in [0.15, 0.2) is 0 Å². The van der Waals surface area contributed by atoms with Crippen LogP contribution in [0.15, 0.2) is 0 Å². The van der Waals surface area contributed by atoms with Gasteiger partial charge in [0.25, 0.3) is 0 Å². The van der Waals surface area contributed by atoms with E-state index in [4.69, 9.17) is 4.74 Å². The van der Waals surface area contributed by atoms with Crippen LogP contribution in [0.5, 0.6) is 0 Å². The van der Waals surface area contributed by atoms with Gasteiger partial charge < -0.3 is 9.64 Å². The Bertz CT molecular complexity index is 240. The van der Waals surface area contributed by atoms with E-state index in [2.05, 4.69) is 22.9 Å². The maximum atomic E-state index is 11.8. The van der Waals surface area contributed by atoms with Crippen LogP contribution < -0.4 is 0 Å². The molecular formula is C12H22BrNO2. The van der Waals surface area contributed by atoms with Crippen LogP contribution >= 0.6 is 15.9 Å². The summed E-state index contributed by atoms with van der Waals surface area (Å²) in [6, 6.07) is 0. The molecule has 0 N–H and O–H groups in total. The molecule has 0 radical (unpaired) electrons. The highest BCUT2D eigenvalue weighted by atomic mass is 79.9. The molecule has 3 nitrogen and oxygen atoms in total. The number of carbonyl (C=O) groups excluding carboxylic acids is 1. The first kappa shape index (κ1) is 13.8. The Hall–Kier alpha value is -0.250. The van der Waals surface area contributed by atoms with Gasteiger partial charge in [0.2, 0.25) is 0 Å². The van der Waals surface area contributed by atoms with Crippen LogP contribution in [-0.4, -0.2) is 34.5 Å². The van der Waals surface area contributed by atoms with E-state index in [1.165, 1.54) is 0 Å². The normalized spacial score (nSPS) is 20.7. The summed E-state index contributed by atoms with van der Waals surface area (Å²) in [4.78, 5) is 14.1. The number of alkyl halides is 1. The molecule has 0 aromatic carbocycles. The molecular weight excluding hydrogens is 270 g/mol. The lowest BCUT2D eigenvalue weighted by Crippen LogP contribution is -2.42.